The third-order valence-electron chi connectivity index (χ3n) is 3.88. The van der Waals surface area contributed by atoms with Crippen LogP contribution < -0.4 is 5.32 Å². The maximum atomic E-state index is 11.9. The van der Waals surface area contributed by atoms with Crippen LogP contribution in [0.4, 0.5) is 0 Å². The zero-order chi connectivity index (χ0) is 14.3. The molecular weight excluding hydrogens is 240 g/mol. The summed E-state index contributed by atoms with van der Waals surface area (Å²) < 4.78 is 4.93. The summed E-state index contributed by atoms with van der Waals surface area (Å²) in [7, 11) is 3.64. The van der Waals surface area contributed by atoms with E-state index in [1.807, 2.05) is 6.92 Å². The van der Waals surface area contributed by atoms with Gasteiger partial charge >= 0.3 is 5.97 Å². The average molecular weight is 270 g/mol. The van der Waals surface area contributed by atoms with Crippen LogP contribution in [0.2, 0.25) is 0 Å². The topological polar surface area (TPSA) is 41.6 Å². The van der Waals surface area contributed by atoms with Gasteiger partial charge in [-0.2, -0.15) is 0 Å². The first-order chi connectivity index (χ1) is 9.01. The molecule has 0 aliphatic heterocycles. The highest BCUT2D eigenvalue weighted by Gasteiger charge is 2.33. The Morgan fingerprint density at radius 1 is 1.47 bits per heavy atom. The van der Waals surface area contributed by atoms with Crippen LogP contribution in [0, 0.1) is 5.92 Å². The summed E-state index contributed by atoms with van der Waals surface area (Å²) in [6, 6.07) is 0. The van der Waals surface area contributed by atoms with Gasteiger partial charge in [-0.1, -0.05) is 6.92 Å². The molecule has 1 unspecified atom stereocenters. The van der Waals surface area contributed by atoms with Crippen LogP contribution in [0.5, 0.6) is 0 Å². The van der Waals surface area contributed by atoms with E-state index in [2.05, 4.69) is 24.2 Å². The van der Waals surface area contributed by atoms with Gasteiger partial charge in [0.05, 0.1) is 7.11 Å². The quantitative estimate of drug-likeness (QED) is 0.617. The van der Waals surface area contributed by atoms with Crippen LogP contribution in [-0.4, -0.2) is 50.2 Å². The van der Waals surface area contributed by atoms with Crippen LogP contribution in [0.15, 0.2) is 0 Å². The summed E-state index contributed by atoms with van der Waals surface area (Å²) in [5.41, 5.74) is -0.537. The fourth-order valence-corrected chi connectivity index (χ4v) is 2.42. The Bertz CT molecular complexity index is 279. The van der Waals surface area contributed by atoms with Gasteiger partial charge in [0.25, 0.3) is 0 Å². The van der Waals surface area contributed by atoms with E-state index in [0.717, 1.165) is 38.3 Å². The van der Waals surface area contributed by atoms with Crippen LogP contribution in [-0.2, 0) is 9.53 Å². The Balaban J connectivity index is 2.31. The minimum absolute atomic E-state index is 0.147. The second-order valence-electron chi connectivity index (χ2n) is 6.06. The van der Waals surface area contributed by atoms with Crippen molar-refractivity contribution in [2.24, 2.45) is 5.92 Å². The Morgan fingerprint density at radius 3 is 2.68 bits per heavy atom. The summed E-state index contributed by atoms with van der Waals surface area (Å²) in [4.78, 5) is 14.3. The number of nitrogens with zero attached hydrogens (tertiary/aromatic N) is 1. The van der Waals surface area contributed by atoms with E-state index in [0.29, 0.717) is 0 Å². The van der Waals surface area contributed by atoms with Gasteiger partial charge in [0, 0.05) is 6.54 Å². The first kappa shape index (κ1) is 16.4. The van der Waals surface area contributed by atoms with Crippen LogP contribution in [0.3, 0.4) is 0 Å². The van der Waals surface area contributed by atoms with E-state index >= 15 is 0 Å². The summed E-state index contributed by atoms with van der Waals surface area (Å²) >= 11 is 0. The van der Waals surface area contributed by atoms with Crippen molar-refractivity contribution in [3.63, 3.8) is 0 Å². The van der Waals surface area contributed by atoms with Gasteiger partial charge in [-0.3, -0.25) is 4.79 Å². The molecule has 0 bridgehead atoms. The zero-order valence-corrected chi connectivity index (χ0v) is 13.0. The normalized spacial score (nSPS) is 18.4. The van der Waals surface area contributed by atoms with E-state index in [1.54, 1.807) is 0 Å². The second-order valence-corrected chi connectivity index (χ2v) is 6.06. The molecular formula is C15H30N2O2. The fourth-order valence-electron chi connectivity index (χ4n) is 2.42. The maximum Gasteiger partial charge on any atom is 0.325 e. The Labute approximate surface area is 117 Å². The maximum absolute atomic E-state index is 11.9. The molecule has 1 atom stereocenters. The number of hydrogen-bond acceptors (Lipinski definition) is 4. The average Bonchev–Trinajstić information content (AvgIpc) is 3.19. The van der Waals surface area contributed by atoms with Gasteiger partial charge in [-0.05, 0) is 65.1 Å². The van der Waals surface area contributed by atoms with E-state index in [4.69, 9.17) is 4.74 Å². The number of nitrogens with one attached hydrogen (secondary N) is 1. The number of carbonyl (C=O) groups is 1. The van der Waals surface area contributed by atoms with Gasteiger partial charge in [0.15, 0.2) is 0 Å². The highest BCUT2D eigenvalue weighted by atomic mass is 16.5. The number of methoxy groups -OCH3 is 1. The van der Waals surface area contributed by atoms with Crippen molar-refractivity contribution in [2.45, 2.75) is 51.5 Å². The number of esters is 1. The minimum atomic E-state index is -0.537. The minimum Gasteiger partial charge on any atom is -0.468 e. The molecule has 19 heavy (non-hydrogen) atoms. The third-order valence-corrected chi connectivity index (χ3v) is 3.88. The van der Waals surface area contributed by atoms with Crippen molar-refractivity contribution >= 4 is 5.97 Å². The lowest BCUT2D eigenvalue weighted by Crippen LogP contribution is -2.50. The van der Waals surface area contributed by atoms with Crippen molar-refractivity contribution in [1.82, 2.24) is 10.2 Å². The fraction of sp³-hybridized carbons (Fsp3) is 0.933. The van der Waals surface area contributed by atoms with Gasteiger partial charge in [0.2, 0.25) is 0 Å². The smallest absolute Gasteiger partial charge is 0.325 e. The lowest BCUT2D eigenvalue weighted by Gasteiger charge is -2.29. The van der Waals surface area contributed by atoms with Crippen molar-refractivity contribution < 1.29 is 9.53 Å². The Hall–Kier alpha value is -0.610. The molecule has 4 heteroatoms. The van der Waals surface area contributed by atoms with Gasteiger partial charge < -0.3 is 15.0 Å². The molecule has 0 aromatic rings. The Morgan fingerprint density at radius 2 is 2.16 bits per heavy atom. The standard InChI is InChI=1S/C15H30N2O2/c1-5-10-16-15(2,14(18)19-4)9-6-11-17(3)12-13-7-8-13/h13,16H,5-12H2,1-4H3. The molecule has 1 aliphatic rings. The van der Waals surface area contributed by atoms with Crippen LogP contribution in [0.1, 0.15) is 46.0 Å². The number of ether oxygens (including phenoxy) is 1. The number of carbonyl (C=O) groups excluding carboxylic acids is 1. The summed E-state index contributed by atoms with van der Waals surface area (Å²) in [5.74, 6) is 0.779. The molecule has 1 saturated carbocycles. The first-order valence-electron chi connectivity index (χ1n) is 7.54. The Kier molecular flexibility index (Phi) is 6.80. The molecule has 1 aliphatic carbocycles. The molecule has 1 rings (SSSR count). The van der Waals surface area contributed by atoms with E-state index < -0.39 is 5.54 Å². The highest BCUT2D eigenvalue weighted by Crippen LogP contribution is 2.29. The molecule has 1 fully saturated rings. The van der Waals surface area contributed by atoms with Crippen molar-refractivity contribution in [3.05, 3.63) is 0 Å². The summed E-state index contributed by atoms with van der Waals surface area (Å²) in [5, 5.41) is 3.33. The van der Waals surface area contributed by atoms with Crippen molar-refractivity contribution in [3.8, 4) is 0 Å². The summed E-state index contributed by atoms with van der Waals surface area (Å²) in [6.45, 7) is 7.17. The molecule has 0 aromatic heterocycles. The van der Waals surface area contributed by atoms with Gasteiger partial charge in [0.1, 0.15) is 5.54 Å². The molecule has 0 aromatic carbocycles. The van der Waals surface area contributed by atoms with Crippen LogP contribution >= 0.6 is 0 Å². The predicted octanol–water partition coefficient (Wildman–Crippen LogP) is 2.04. The zero-order valence-electron chi connectivity index (χ0n) is 13.0. The molecule has 0 saturated heterocycles. The molecule has 0 heterocycles. The number of rotatable bonds is 10. The van der Waals surface area contributed by atoms with Crippen LogP contribution in [0.25, 0.3) is 0 Å². The van der Waals surface area contributed by atoms with Crippen molar-refractivity contribution in [2.75, 3.05) is 33.8 Å². The first-order valence-corrected chi connectivity index (χ1v) is 7.54. The van der Waals surface area contributed by atoms with Crippen molar-refractivity contribution in [1.29, 1.82) is 0 Å². The lowest BCUT2D eigenvalue weighted by molar-refractivity contribution is -0.148. The van der Waals surface area contributed by atoms with E-state index in [9.17, 15) is 4.79 Å². The molecule has 0 amide bonds. The molecule has 4 nitrogen and oxygen atoms in total. The lowest BCUT2D eigenvalue weighted by atomic mass is 9.95. The highest BCUT2D eigenvalue weighted by molar-refractivity contribution is 5.80. The number of hydrogen-bond donors (Lipinski definition) is 1. The monoisotopic (exact) mass is 270 g/mol. The predicted molar refractivity (Wildman–Crippen MR) is 78.2 cm³/mol. The summed E-state index contributed by atoms with van der Waals surface area (Å²) in [6.07, 6.45) is 5.65. The SMILES string of the molecule is CCCNC(C)(CCCN(C)CC1CC1)C(=O)OC. The molecule has 0 radical (unpaired) electrons. The van der Waals surface area contributed by atoms with E-state index in [1.165, 1.54) is 26.5 Å². The van der Waals surface area contributed by atoms with Gasteiger partial charge in [-0.25, -0.2) is 0 Å². The molecule has 112 valence electrons. The molecule has 1 N–H and O–H groups in total. The molecule has 0 spiro atoms. The van der Waals surface area contributed by atoms with Gasteiger partial charge in [-0.15, -0.1) is 0 Å². The largest absolute Gasteiger partial charge is 0.468 e. The second kappa shape index (κ2) is 7.85. The van der Waals surface area contributed by atoms with E-state index in [-0.39, 0.29) is 5.97 Å². The third kappa shape index (κ3) is 5.91.